The lowest BCUT2D eigenvalue weighted by atomic mass is 9.87. The molecule has 0 aromatic carbocycles. The summed E-state index contributed by atoms with van der Waals surface area (Å²) in [6.07, 6.45) is 7.01. The summed E-state index contributed by atoms with van der Waals surface area (Å²) in [6, 6.07) is -0.600. The second kappa shape index (κ2) is 8.95. The van der Waals surface area contributed by atoms with Gasteiger partial charge in [-0.15, -0.1) is 0 Å². The van der Waals surface area contributed by atoms with E-state index in [1.807, 2.05) is 6.92 Å². The van der Waals surface area contributed by atoms with Gasteiger partial charge in [0, 0.05) is 19.1 Å². The Morgan fingerprint density at radius 1 is 1.15 bits per heavy atom. The minimum absolute atomic E-state index is 0.0330. The van der Waals surface area contributed by atoms with Crippen molar-refractivity contribution in [2.24, 2.45) is 5.92 Å². The molecule has 5 nitrogen and oxygen atoms in total. The summed E-state index contributed by atoms with van der Waals surface area (Å²) in [7, 11) is 0. The van der Waals surface area contributed by atoms with E-state index in [0.29, 0.717) is 18.8 Å². The second-order valence-corrected chi connectivity index (χ2v) is 5.92. The van der Waals surface area contributed by atoms with E-state index in [4.69, 9.17) is 5.11 Å². The molecule has 0 saturated heterocycles. The predicted octanol–water partition coefficient (Wildman–Crippen LogP) is 1.35. The Balaban J connectivity index is 2.27. The largest absolute Gasteiger partial charge is 0.396 e. The number of hydrogen-bond acceptors (Lipinski definition) is 3. The van der Waals surface area contributed by atoms with Gasteiger partial charge in [-0.2, -0.15) is 0 Å². The van der Waals surface area contributed by atoms with Crippen molar-refractivity contribution in [3.05, 3.63) is 0 Å². The third kappa shape index (κ3) is 6.37. The zero-order chi connectivity index (χ0) is 15.0. The molecule has 0 radical (unpaired) electrons. The van der Waals surface area contributed by atoms with Crippen LogP contribution in [-0.2, 0) is 9.59 Å². The van der Waals surface area contributed by atoms with Gasteiger partial charge in [0.1, 0.15) is 6.04 Å². The van der Waals surface area contributed by atoms with Gasteiger partial charge in [0.15, 0.2) is 0 Å². The lowest BCUT2D eigenvalue weighted by Gasteiger charge is -2.22. The van der Waals surface area contributed by atoms with Crippen LogP contribution < -0.4 is 10.6 Å². The average molecular weight is 284 g/mol. The van der Waals surface area contributed by atoms with E-state index in [1.54, 1.807) is 6.92 Å². The molecule has 0 aliphatic heterocycles. The van der Waals surface area contributed by atoms with Crippen molar-refractivity contribution in [2.75, 3.05) is 6.61 Å². The topological polar surface area (TPSA) is 78.4 Å². The van der Waals surface area contributed by atoms with E-state index in [-0.39, 0.29) is 24.5 Å². The summed E-state index contributed by atoms with van der Waals surface area (Å²) in [5, 5.41) is 14.3. The van der Waals surface area contributed by atoms with Gasteiger partial charge in [-0.05, 0) is 39.0 Å². The zero-order valence-electron chi connectivity index (χ0n) is 12.7. The number of aliphatic hydroxyl groups is 1. The molecule has 0 heterocycles. The minimum Gasteiger partial charge on any atom is -0.396 e. The van der Waals surface area contributed by atoms with Crippen molar-refractivity contribution in [3.8, 4) is 0 Å². The summed E-state index contributed by atoms with van der Waals surface area (Å²) >= 11 is 0. The lowest BCUT2D eigenvalue weighted by molar-refractivity contribution is -0.129. The molecule has 1 aliphatic rings. The van der Waals surface area contributed by atoms with Gasteiger partial charge in [0.25, 0.3) is 0 Å². The van der Waals surface area contributed by atoms with Gasteiger partial charge in [0.05, 0.1) is 0 Å². The molecule has 0 aromatic heterocycles. The van der Waals surface area contributed by atoms with Crippen LogP contribution in [0.25, 0.3) is 0 Å². The number of carbonyl (C=O) groups is 2. The molecule has 1 aliphatic carbocycles. The monoisotopic (exact) mass is 284 g/mol. The predicted molar refractivity (Wildman–Crippen MR) is 78.1 cm³/mol. The molecule has 0 bridgehead atoms. The van der Waals surface area contributed by atoms with E-state index in [9.17, 15) is 9.59 Å². The average Bonchev–Trinajstić information content (AvgIpc) is 2.39. The van der Waals surface area contributed by atoms with Crippen LogP contribution in [0.5, 0.6) is 0 Å². The molecule has 116 valence electrons. The Hall–Kier alpha value is -1.10. The maximum atomic E-state index is 11.9. The molecular weight excluding hydrogens is 256 g/mol. The van der Waals surface area contributed by atoms with Crippen molar-refractivity contribution in [1.82, 2.24) is 10.6 Å². The molecule has 1 rings (SSSR count). The van der Waals surface area contributed by atoms with E-state index in [1.165, 1.54) is 19.3 Å². The van der Waals surface area contributed by atoms with Gasteiger partial charge in [-0.3, -0.25) is 9.59 Å². The van der Waals surface area contributed by atoms with Crippen LogP contribution in [-0.4, -0.2) is 35.6 Å². The first-order chi connectivity index (χ1) is 9.52. The standard InChI is InChI=1S/C15H28N2O3/c1-11(8-9-18)16-15(20)12(2)17-14(19)10-13-6-4-3-5-7-13/h11-13,18H,3-10H2,1-2H3,(H,16,20)(H,17,19). The van der Waals surface area contributed by atoms with Crippen molar-refractivity contribution in [3.63, 3.8) is 0 Å². The van der Waals surface area contributed by atoms with Crippen LogP contribution in [0.15, 0.2) is 0 Å². The maximum Gasteiger partial charge on any atom is 0.242 e. The fraction of sp³-hybridized carbons (Fsp3) is 0.867. The molecule has 1 saturated carbocycles. The molecule has 20 heavy (non-hydrogen) atoms. The quantitative estimate of drug-likeness (QED) is 0.660. The van der Waals surface area contributed by atoms with Crippen molar-refractivity contribution >= 4 is 11.8 Å². The maximum absolute atomic E-state index is 11.9. The van der Waals surface area contributed by atoms with Gasteiger partial charge >= 0.3 is 0 Å². The van der Waals surface area contributed by atoms with Crippen molar-refractivity contribution < 1.29 is 14.7 Å². The highest BCUT2D eigenvalue weighted by Gasteiger charge is 2.21. The lowest BCUT2D eigenvalue weighted by Crippen LogP contribution is -2.47. The summed E-state index contributed by atoms with van der Waals surface area (Å²) < 4.78 is 0. The summed E-state index contributed by atoms with van der Waals surface area (Å²) in [4.78, 5) is 23.8. The van der Waals surface area contributed by atoms with E-state index in [2.05, 4.69) is 10.6 Å². The molecule has 1 fully saturated rings. The summed E-state index contributed by atoms with van der Waals surface area (Å²) in [5.41, 5.74) is 0. The number of hydrogen-bond donors (Lipinski definition) is 3. The van der Waals surface area contributed by atoms with Crippen LogP contribution in [0.4, 0.5) is 0 Å². The normalized spacial score (nSPS) is 19.1. The van der Waals surface area contributed by atoms with E-state index >= 15 is 0 Å². The van der Waals surface area contributed by atoms with Crippen LogP contribution >= 0.6 is 0 Å². The molecule has 5 heteroatoms. The molecule has 0 aromatic rings. The number of carbonyl (C=O) groups excluding carboxylic acids is 2. The fourth-order valence-corrected chi connectivity index (χ4v) is 2.65. The molecule has 2 atom stereocenters. The highest BCUT2D eigenvalue weighted by molar-refractivity contribution is 5.87. The third-order valence-corrected chi connectivity index (χ3v) is 3.92. The third-order valence-electron chi connectivity index (χ3n) is 3.92. The van der Waals surface area contributed by atoms with Crippen LogP contribution in [0.2, 0.25) is 0 Å². The SMILES string of the molecule is CC(CCO)NC(=O)C(C)NC(=O)CC1CCCCC1. The first kappa shape index (κ1) is 17.0. The van der Waals surface area contributed by atoms with Gasteiger partial charge < -0.3 is 15.7 Å². The Morgan fingerprint density at radius 2 is 1.80 bits per heavy atom. The van der Waals surface area contributed by atoms with Crippen molar-refractivity contribution in [2.45, 2.75) is 70.9 Å². The molecule has 2 amide bonds. The fourth-order valence-electron chi connectivity index (χ4n) is 2.65. The summed E-state index contributed by atoms with van der Waals surface area (Å²) in [5.74, 6) is 0.254. The number of aliphatic hydroxyl groups excluding tert-OH is 1. The number of rotatable bonds is 7. The van der Waals surface area contributed by atoms with E-state index < -0.39 is 6.04 Å². The van der Waals surface area contributed by atoms with E-state index in [0.717, 1.165) is 12.8 Å². The highest BCUT2D eigenvalue weighted by Crippen LogP contribution is 2.26. The van der Waals surface area contributed by atoms with Crippen molar-refractivity contribution in [1.29, 1.82) is 0 Å². The highest BCUT2D eigenvalue weighted by atomic mass is 16.3. The smallest absolute Gasteiger partial charge is 0.242 e. The van der Waals surface area contributed by atoms with Crippen LogP contribution in [0, 0.1) is 5.92 Å². The molecule has 0 spiro atoms. The first-order valence-corrected chi connectivity index (χ1v) is 7.73. The first-order valence-electron chi connectivity index (χ1n) is 7.73. The van der Waals surface area contributed by atoms with Gasteiger partial charge in [-0.1, -0.05) is 19.3 Å². The Labute approximate surface area is 121 Å². The Bertz CT molecular complexity index is 314. The second-order valence-electron chi connectivity index (χ2n) is 5.92. The molecular formula is C15H28N2O3. The van der Waals surface area contributed by atoms with Crippen LogP contribution in [0.3, 0.4) is 0 Å². The number of amides is 2. The van der Waals surface area contributed by atoms with Gasteiger partial charge in [0.2, 0.25) is 11.8 Å². The Kier molecular flexibility index (Phi) is 7.59. The molecule has 3 N–H and O–H groups in total. The zero-order valence-corrected chi connectivity index (χ0v) is 12.7. The molecule has 2 unspecified atom stereocenters. The van der Waals surface area contributed by atoms with Crippen LogP contribution in [0.1, 0.15) is 58.8 Å². The number of nitrogens with one attached hydrogen (secondary N) is 2. The summed E-state index contributed by atoms with van der Waals surface area (Å²) in [6.45, 7) is 3.58. The van der Waals surface area contributed by atoms with Gasteiger partial charge in [-0.25, -0.2) is 0 Å². The Morgan fingerprint density at radius 3 is 2.40 bits per heavy atom. The minimum atomic E-state index is -0.521.